The van der Waals surface area contributed by atoms with E-state index in [-0.39, 0.29) is 22.1 Å². The van der Waals surface area contributed by atoms with Gasteiger partial charge in [-0.3, -0.25) is 4.79 Å². The zero-order chi connectivity index (χ0) is 17.8. The predicted octanol–water partition coefficient (Wildman–Crippen LogP) is 0.792. The van der Waals surface area contributed by atoms with Crippen molar-refractivity contribution in [2.45, 2.75) is 42.6 Å². The molecule has 9 heteroatoms. The fourth-order valence-electron chi connectivity index (χ4n) is 3.48. The van der Waals surface area contributed by atoms with Crippen molar-refractivity contribution in [2.24, 2.45) is 5.73 Å². The van der Waals surface area contributed by atoms with E-state index in [2.05, 4.69) is 29.4 Å². The third kappa shape index (κ3) is 2.49. The first kappa shape index (κ1) is 16.3. The second kappa shape index (κ2) is 5.70. The van der Waals surface area contributed by atoms with Gasteiger partial charge in [-0.1, -0.05) is 12.1 Å². The van der Waals surface area contributed by atoms with Gasteiger partial charge in [-0.25, -0.2) is 4.68 Å². The molecule has 2 unspecified atom stereocenters. The van der Waals surface area contributed by atoms with Crippen LogP contribution in [0.3, 0.4) is 0 Å². The molecule has 8 nitrogen and oxygen atoms in total. The van der Waals surface area contributed by atoms with Crippen molar-refractivity contribution in [2.75, 3.05) is 7.11 Å². The molecule has 2 saturated heterocycles. The minimum Gasteiger partial charge on any atom is -0.497 e. The molecule has 1 amide bonds. The van der Waals surface area contributed by atoms with Crippen molar-refractivity contribution in [3.05, 3.63) is 35.7 Å². The third-order valence-corrected chi connectivity index (χ3v) is 6.37. The van der Waals surface area contributed by atoms with Crippen molar-refractivity contribution in [3.63, 3.8) is 0 Å². The van der Waals surface area contributed by atoms with Crippen molar-refractivity contribution < 1.29 is 9.53 Å². The monoisotopic (exact) mass is 360 g/mol. The van der Waals surface area contributed by atoms with Crippen LogP contribution < -0.4 is 10.5 Å². The summed E-state index contributed by atoms with van der Waals surface area (Å²) in [7, 11) is 1.64. The Hall–Kier alpha value is -2.13. The Bertz CT molecular complexity index is 805. The number of thioether (sulfide) groups is 1. The van der Waals surface area contributed by atoms with Crippen LogP contribution in [0.5, 0.6) is 5.75 Å². The zero-order valence-electron chi connectivity index (χ0n) is 14.3. The van der Waals surface area contributed by atoms with Gasteiger partial charge in [0.2, 0.25) is 5.91 Å². The number of hydrogen-bond donors (Lipinski definition) is 1. The number of ether oxygens (including phenoxy) is 1. The summed E-state index contributed by atoms with van der Waals surface area (Å²) >= 11 is 1.71. The quantitative estimate of drug-likeness (QED) is 0.805. The number of tetrazole rings is 1. The van der Waals surface area contributed by atoms with E-state index >= 15 is 0 Å². The number of carbonyl (C=O) groups excluding carboxylic acids is 1. The van der Waals surface area contributed by atoms with E-state index < -0.39 is 6.04 Å². The SMILES string of the molecule is COc1ccc(Cn2nnnc2C2N3C(=O)C(N)[C@H]3SC2(C)C)cc1. The maximum Gasteiger partial charge on any atom is 0.244 e. The average molecular weight is 360 g/mol. The maximum atomic E-state index is 12.3. The summed E-state index contributed by atoms with van der Waals surface area (Å²) in [5.41, 5.74) is 7.01. The summed E-state index contributed by atoms with van der Waals surface area (Å²) in [5, 5.41) is 12.2. The van der Waals surface area contributed by atoms with E-state index in [1.807, 2.05) is 29.2 Å². The number of hydrogen-bond acceptors (Lipinski definition) is 7. The Morgan fingerprint density at radius 3 is 2.72 bits per heavy atom. The summed E-state index contributed by atoms with van der Waals surface area (Å²) < 4.78 is 6.74. The van der Waals surface area contributed by atoms with Crippen LogP contribution >= 0.6 is 11.8 Å². The molecule has 0 aliphatic carbocycles. The predicted molar refractivity (Wildman–Crippen MR) is 92.9 cm³/mol. The number of benzene rings is 1. The Balaban J connectivity index is 1.63. The van der Waals surface area contributed by atoms with Crippen LogP contribution in [0.15, 0.2) is 24.3 Å². The van der Waals surface area contributed by atoms with E-state index in [4.69, 9.17) is 10.5 Å². The zero-order valence-corrected chi connectivity index (χ0v) is 15.1. The van der Waals surface area contributed by atoms with Gasteiger partial charge in [0.25, 0.3) is 0 Å². The smallest absolute Gasteiger partial charge is 0.244 e. The number of nitrogens with two attached hydrogens (primary N) is 1. The molecule has 2 aromatic rings. The molecule has 2 N–H and O–H groups in total. The lowest BCUT2D eigenvalue weighted by Gasteiger charge is -2.42. The first-order chi connectivity index (χ1) is 11.9. The molecule has 2 aliphatic heterocycles. The van der Waals surface area contributed by atoms with Crippen molar-refractivity contribution in [1.82, 2.24) is 25.1 Å². The highest BCUT2D eigenvalue weighted by Crippen LogP contribution is 2.56. The summed E-state index contributed by atoms with van der Waals surface area (Å²) in [6, 6.07) is 7.15. The minimum atomic E-state index is -0.430. The average Bonchev–Trinajstić information content (AvgIpc) is 3.14. The van der Waals surface area contributed by atoms with Crippen LogP contribution in [-0.4, -0.2) is 54.3 Å². The fourth-order valence-corrected chi connectivity index (χ4v) is 5.06. The van der Waals surface area contributed by atoms with Gasteiger partial charge < -0.3 is 15.4 Å². The second-order valence-corrected chi connectivity index (χ2v) is 8.60. The molecule has 0 spiro atoms. The Labute approximate surface area is 149 Å². The van der Waals surface area contributed by atoms with Gasteiger partial charge in [0, 0.05) is 4.75 Å². The van der Waals surface area contributed by atoms with Gasteiger partial charge >= 0.3 is 0 Å². The number of carbonyl (C=O) groups is 1. The maximum absolute atomic E-state index is 12.3. The second-order valence-electron chi connectivity index (χ2n) is 6.83. The number of aromatic nitrogens is 4. The van der Waals surface area contributed by atoms with Crippen LogP contribution in [0.25, 0.3) is 0 Å². The van der Waals surface area contributed by atoms with Gasteiger partial charge in [0.05, 0.1) is 13.7 Å². The molecule has 0 radical (unpaired) electrons. The topological polar surface area (TPSA) is 99.2 Å². The van der Waals surface area contributed by atoms with Crippen LogP contribution in [-0.2, 0) is 11.3 Å². The Morgan fingerprint density at radius 1 is 1.32 bits per heavy atom. The molecule has 1 aromatic carbocycles. The molecule has 2 fully saturated rings. The number of methoxy groups -OCH3 is 1. The molecule has 25 heavy (non-hydrogen) atoms. The molecule has 132 valence electrons. The molecule has 0 saturated carbocycles. The van der Waals surface area contributed by atoms with E-state index in [0.29, 0.717) is 12.4 Å². The van der Waals surface area contributed by atoms with Gasteiger partial charge in [-0.2, -0.15) is 0 Å². The summed E-state index contributed by atoms with van der Waals surface area (Å²) in [6.07, 6.45) is 0. The van der Waals surface area contributed by atoms with Crippen molar-refractivity contribution in [3.8, 4) is 5.75 Å². The molecule has 4 rings (SSSR count). The van der Waals surface area contributed by atoms with Gasteiger partial charge in [0.15, 0.2) is 5.82 Å². The Morgan fingerprint density at radius 2 is 2.04 bits per heavy atom. The van der Waals surface area contributed by atoms with Crippen LogP contribution in [0, 0.1) is 0 Å². The van der Waals surface area contributed by atoms with Gasteiger partial charge in [-0.15, -0.1) is 16.9 Å². The molecule has 0 bridgehead atoms. The largest absolute Gasteiger partial charge is 0.497 e. The van der Waals surface area contributed by atoms with E-state index in [9.17, 15) is 4.79 Å². The van der Waals surface area contributed by atoms with Crippen molar-refractivity contribution >= 4 is 17.7 Å². The fraction of sp³-hybridized carbons (Fsp3) is 0.500. The summed E-state index contributed by atoms with van der Waals surface area (Å²) in [5.74, 6) is 1.46. The standard InChI is InChI=1S/C16H20N6O2S/c1-16(2)12(22-14(23)11(17)15(22)25-16)13-18-19-20-21(13)8-9-4-6-10(24-3)7-5-9/h4-7,11-12,15H,8,17H2,1-3H3/t11?,12?,15-/m1/s1. The molecule has 3 atom stereocenters. The lowest BCUT2D eigenvalue weighted by atomic mass is 9.95. The number of fused-ring (bicyclic) bond motifs is 1. The van der Waals surface area contributed by atoms with E-state index in [1.165, 1.54) is 0 Å². The number of β-lactam (4-membered cyclic amide) rings is 1. The lowest BCUT2D eigenvalue weighted by molar-refractivity contribution is -0.147. The van der Waals surface area contributed by atoms with Crippen LogP contribution in [0.2, 0.25) is 0 Å². The Kier molecular flexibility index (Phi) is 3.73. The molecule has 3 heterocycles. The minimum absolute atomic E-state index is 0.00126. The highest BCUT2D eigenvalue weighted by atomic mass is 32.2. The highest BCUT2D eigenvalue weighted by molar-refractivity contribution is 8.01. The van der Waals surface area contributed by atoms with Crippen LogP contribution in [0.1, 0.15) is 31.3 Å². The number of amides is 1. The molecule has 2 aliphatic rings. The molecular formula is C16H20N6O2S. The first-order valence-corrected chi connectivity index (χ1v) is 8.95. The van der Waals surface area contributed by atoms with E-state index in [1.54, 1.807) is 23.6 Å². The van der Waals surface area contributed by atoms with E-state index in [0.717, 1.165) is 11.3 Å². The van der Waals surface area contributed by atoms with Crippen molar-refractivity contribution in [1.29, 1.82) is 0 Å². The third-order valence-electron chi connectivity index (χ3n) is 4.78. The first-order valence-electron chi connectivity index (χ1n) is 8.07. The lowest BCUT2D eigenvalue weighted by Crippen LogP contribution is -2.65. The molecular weight excluding hydrogens is 340 g/mol. The molecule has 1 aromatic heterocycles. The normalized spacial score (nSPS) is 27.1. The van der Waals surface area contributed by atoms with Crippen LogP contribution in [0.4, 0.5) is 0 Å². The number of nitrogens with zero attached hydrogens (tertiary/aromatic N) is 5. The number of rotatable bonds is 4. The highest BCUT2D eigenvalue weighted by Gasteiger charge is 2.61. The summed E-state index contributed by atoms with van der Waals surface area (Å²) in [4.78, 5) is 14.1. The summed E-state index contributed by atoms with van der Waals surface area (Å²) in [6.45, 7) is 4.74. The van der Waals surface area contributed by atoms with Gasteiger partial charge in [-0.05, 0) is 42.0 Å². The van der Waals surface area contributed by atoms with Gasteiger partial charge in [0.1, 0.15) is 23.2 Å².